The average Bonchev–Trinajstić information content (AvgIpc) is 3.23. The van der Waals surface area contributed by atoms with Gasteiger partial charge >= 0.3 is 0 Å². The first-order valence-electron chi connectivity index (χ1n) is 10.2. The summed E-state index contributed by atoms with van der Waals surface area (Å²) in [7, 11) is 0. The number of nitrogens with one attached hydrogen (secondary N) is 1. The molecule has 1 aliphatic rings. The first kappa shape index (κ1) is 20.6. The number of carbonyl (C=O) groups is 1. The van der Waals surface area contributed by atoms with E-state index >= 15 is 0 Å². The molecule has 1 aromatic heterocycles. The minimum Gasteiger partial charge on any atom is -0.349 e. The van der Waals surface area contributed by atoms with Crippen molar-refractivity contribution in [3.8, 4) is 11.4 Å². The van der Waals surface area contributed by atoms with E-state index in [1.807, 2.05) is 61.5 Å². The van der Waals surface area contributed by atoms with Gasteiger partial charge < -0.3 is 9.84 Å². The van der Waals surface area contributed by atoms with Gasteiger partial charge in [0.05, 0.1) is 12.6 Å². The highest BCUT2D eigenvalue weighted by atomic mass is 35.5. The van der Waals surface area contributed by atoms with Crippen LogP contribution in [0.1, 0.15) is 37.3 Å². The van der Waals surface area contributed by atoms with Crippen molar-refractivity contribution in [1.82, 2.24) is 20.4 Å². The Morgan fingerprint density at radius 2 is 1.97 bits per heavy atom. The first-order chi connectivity index (χ1) is 14.6. The number of halogens is 1. The molecule has 4 rings (SSSR count). The van der Waals surface area contributed by atoms with Gasteiger partial charge in [-0.05, 0) is 50.6 Å². The third-order valence-electron chi connectivity index (χ3n) is 5.53. The largest absolute Gasteiger partial charge is 0.349 e. The number of rotatable bonds is 6. The van der Waals surface area contributed by atoms with E-state index < -0.39 is 0 Å². The predicted octanol–water partition coefficient (Wildman–Crippen LogP) is 4.48. The Kier molecular flexibility index (Phi) is 6.45. The molecule has 6 nitrogen and oxygen atoms in total. The van der Waals surface area contributed by atoms with E-state index in [9.17, 15) is 4.79 Å². The molecule has 1 atom stereocenters. The lowest BCUT2D eigenvalue weighted by atomic mass is 9.95. The van der Waals surface area contributed by atoms with Crippen LogP contribution in [0.3, 0.4) is 0 Å². The maximum absolute atomic E-state index is 12.7. The van der Waals surface area contributed by atoms with Gasteiger partial charge in [0, 0.05) is 16.5 Å². The quantitative estimate of drug-likeness (QED) is 0.631. The summed E-state index contributed by atoms with van der Waals surface area (Å²) in [6.45, 7) is 4.26. The SMILES string of the molecule is CC(NC(=O)C1CCN(Cc2nc(-c3cccc(Cl)c3)no2)CC1)c1ccccc1. The molecule has 0 saturated carbocycles. The van der Waals surface area contributed by atoms with Crippen molar-refractivity contribution in [2.45, 2.75) is 32.4 Å². The molecular formula is C23H25ClN4O2. The lowest BCUT2D eigenvalue weighted by Crippen LogP contribution is -2.40. The van der Waals surface area contributed by atoms with Gasteiger partial charge in [-0.2, -0.15) is 4.98 Å². The Labute approximate surface area is 181 Å². The molecule has 2 aromatic carbocycles. The molecule has 0 aliphatic carbocycles. The molecule has 30 heavy (non-hydrogen) atoms. The summed E-state index contributed by atoms with van der Waals surface area (Å²) in [6, 6.07) is 17.4. The molecule has 1 saturated heterocycles. The van der Waals surface area contributed by atoms with Crippen LogP contribution in [-0.4, -0.2) is 34.0 Å². The fourth-order valence-corrected chi connectivity index (χ4v) is 3.96. The Balaban J connectivity index is 1.27. The number of carbonyl (C=O) groups excluding carboxylic acids is 1. The van der Waals surface area contributed by atoms with Gasteiger partial charge in [-0.1, -0.05) is 59.2 Å². The fourth-order valence-electron chi connectivity index (χ4n) is 3.76. The third kappa shape index (κ3) is 5.07. The van der Waals surface area contributed by atoms with E-state index in [1.165, 1.54) is 0 Å². The number of hydrogen-bond acceptors (Lipinski definition) is 5. The predicted molar refractivity (Wildman–Crippen MR) is 116 cm³/mol. The number of hydrogen-bond donors (Lipinski definition) is 1. The smallest absolute Gasteiger partial charge is 0.241 e. The minimum atomic E-state index is 0.0139. The van der Waals surface area contributed by atoms with Crippen LogP contribution in [0.25, 0.3) is 11.4 Å². The Bertz CT molecular complexity index is 984. The second kappa shape index (κ2) is 9.41. The molecule has 3 aromatic rings. The van der Waals surface area contributed by atoms with Gasteiger partial charge in [-0.25, -0.2) is 0 Å². The highest BCUT2D eigenvalue weighted by Crippen LogP contribution is 2.23. The van der Waals surface area contributed by atoms with Crippen LogP contribution < -0.4 is 5.32 Å². The topological polar surface area (TPSA) is 71.3 Å². The fraction of sp³-hybridized carbons (Fsp3) is 0.348. The zero-order valence-corrected chi connectivity index (χ0v) is 17.7. The Hall–Kier alpha value is -2.70. The van der Waals surface area contributed by atoms with Crippen LogP contribution in [0.4, 0.5) is 0 Å². The molecular weight excluding hydrogens is 400 g/mol. The van der Waals surface area contributed by atoms with Gasteiger partial charge in [-0.15, -0.1) is 0 Å². The Morgan fingerprint density at radius 1 is 1.20 bits per heavy atom. The molecule has 1 amide bonds. The first-order valence-corrected chi connectivity index (χ1v) is 10.6. The standard InChI is InChI=1S/C23H25ClN4O2/c1-16(17-6-3-2-4-7-17)25-23(29)18-10-12-28(13-11-18)15-21-26-22(27-30-21)19-8-5-9-20(24)14-19/h2-9,14,16,18H,10-13,15H2,1H3,(H,25,29). The summed E-state index contributed by atoms with van der Waals surface area (Å²) >= 11 is 6.04. The summed E-state index contributed by atoms with van der Waals surface area (Å²) in [6.07, 6.45) is 1.64. The van der Waals surface area contributed by atoms with Crippen LogP contribution >= 0.6 is 11.6 Å². The second-order valence-electron chi connectivity index (χ2n) is 7.71. The van der Waals surface area contributed by atoms with Crippen molar-refractivity contribution < 1.29 is 9.32 Å². The molecule has 1 N–H and O–H groups in total. The molecule has 0 radical (unpaired) electrons. The van der Waals surface area contributed by atoms with Gasteiger partial charge in [0.25, 0.3) is 0 Å². The van der Waals surface area contributed by atoms with Crippen molar-refractivity contribution in [2.75, 3.05) is 13.1 Å². The maximum Gasteiger partial charge on any atom is 0.241 e. The minimum absolute atomic E-state index is 0.0139. The number of amides is 1. The van der Waals surface area contributed by atoms with Gasteiger partial charge in [-0.3, -0.25) is 9.69 Å². The van der Waals surface area contributed by atoms with Crippen LogP contribution in [0.2, 0.25) is 5.02 Å². The molecule has 0 spiro atoms. The molecule has 1 aliphatic heterocycles. The summed E-state index contributed by atoms with van der Waals surface area (Å²) in [4.78, 5) is 19.4. The molecule has 156 valence electrons. The highest BCUT2D eigenvalue weighted by molar-refractivity contribution is 6.30. The van der Waals surface area contributed by atoms with E-state index in [1.54, 1.807) is 0 Å². The molecule has 1 unspecified atom stereocenters. The highest BCUT2D eigenvalue weighted by Gasteiger charge is 2.27. The second-order valence-corrected chi connectivity index (χ2v) is 8.15. The van der Waals surface area contributed by atoms with Crippen LogP contribution in [0, 0.1) is 5.92 Å². The number of likely N-dealkylation sites (tertiary alicyclic amines) is 1. The van der Waals surface area contributed by atoms with Crippen LogP contribution in [0.5, 0.6) is 0 Å². The number of piperidine rings is 1. The summed E-state index contributed by atoms with van der Waals surface area (Å²) in [5.74, 6) is 1.28. The average molecular weight is 425 g/mol. The van der Waals surface area contributed by atoms with Gasteiger partial charge in [0.1, 0.15) is 0 Å². The van der Waals surface area contributed by atoms with Crippen molar-refractivity contribution >= 4 is 17.5 Å². The van der Waals surface area contributed by atoms with E-state index in [2.05, 4.69) is 20.4 Å². The number of nitrogens with zero attached hydrogens (tertiary/aromatic N) is 3. The number of benzene rings is 2. The molecule has 0 bridgehead atoms. The van der Waals surface area contributed by atoms with E-state index in [-0.39, 0.29) is 17.9 Å². The lowest BCUT2D eigenvalue weighted by molar-refractivity contribution is -0.127. The zero-order valence-electron chi connectivity index (χ0n) is 16.9. The summed E-state index contributed by atoms with van der Waals surface area (Å²) < 4.78 is 5.41. The van der Waals surface area contributed by atoms with Crippen molar-refractivity contribution in [3.05, 3.63) is 71.1 Å². The monoisotopic (exact) mass is 424 g/mol. The summed E-state index contributed by atoms with van der Waals surface area (Å²) in [5, 5.41) is 7.85. The summed E-state index contributed by atoms with van der Waals surface area (Å²) in [5.41, 5.74) is 1.95. The van der Waals surface area contributed by atoms with E-state index in [4.69, 9.17) is 16.1 Å². The normalized spacial score (nSPS) is 16.3. The van der Waals surface area contributed by atoms with Crippen molar-refractivity contribution in [2.24, 2.45) is 5.92 Å². The maximum atomic E-state index is 12.7. The molecule has 2 heterocycles. The molecule has 7 heteroatoms. The lowest BCUT2D eigenvalue weighted by Gasteiger charge is -2.30. The number of aromatic nitrogens is 2. The molecule has 1 fully saturated rings. The van der Waals surface area contributed by atoms with Gasteiger partial charge in [0.2, 0.25) is 17.6 Å². The van der Waals surface area contributed by atoms with Crippen LogP contribution in [0.15, 0.2) is 59.1 Å². The Morgan fingerprint density at radius 3 is 2.70 bits per heavy atom. The van der Waals surface area contributed by atoms with E-state index in [0.717, 1.165) is 37.1 Å². The van der Waals surface area contributed by atoms with Crippen molar-refractivity contribution in [1.29, 1.82) is 0 Å². The van der Waals surface area contributed by atoms with Gasteiger partial charge in [0.15, 0.2) is 0 Å². The van der Waals surface area contributed by atoms with Crippen LogP contribution in [-0.2, 0) is 11.3 Å². The zero-order chi connectivity index (χ0) is 20.9. The van der Waals surface area contributed by atoms with Crippen molar-refractivity contribution in [3.63, 3.8) is 0 Å². The van der Waals surface area contributed by atoms with E-state index in [0.29, 0.717) is 23.3 Å². The third-order valence-corrected chi connectivity index (χ3v) is 5.76.